The maximum Gasteiger partial charge on any atom is 0.159 e. The van der Waals surface area contributed by atoms with Crippen LogP contribution in [0.25, 0.3) is 0 Å². The third-order valence-corrected chi connectivity index (χ3v) is 3.83. The molecule has 0 atom stereocenters. The van der Waals surface area contributed by atoms with Gasteiger partial charge >= 0.3 is 0 Å². The van der Waals surface area contributed by atoms with E-state index in [0.717, 1.165) is 18.4 Å². The van der Waals surface area contributed by atoms with Crippen molar-refractivity contribution in [2.45, 2.75) is 38.0 Å². The summed E-state index contributed by atoms with van der Waals surface area (Å²) in [6.07, 6.45) is 4.82. The van der Waals surface area contributed by atoms with Crippen LogP contribution in [0.4, 0.5) is 0 Å². The highest BCUT2D eigenvalue weighted by Crippen LogP contribution is 2.40. The zero-order valence-electron chi connectivity index (χ0n) is 9.83. The Morgan fingerprint density at radius 1 is 1.38 bits per heavy atom. The van der Waals surface area contributed by atoms with Crippen LogP contribution in [0.3, 0.4) is 0 Å². The molecule has 0 radical (unpaired) electrons. The minimum atomic E-state index is 0.130. The molecule has 0 amide bonds. The van der Waals surface area contributed by atoms with E-state index in [1.54, 1.807) is 6.92 Å². The molecule has 0 unspecified atom stereocenters. The largest absolute Gasteiger partial charge is 0.330 e. The van der Waals surface area contributed by atoms with Crippen molar-refractivity contribution in [2.75, 3.05) is 6.54 Å². The minimum Gasteiger partial charge on any atom is -0.330 e. The Balaban J connectivity index is 2.38. The average molecular weight is 217 g/mol. The van der Waals surface area contributed by atoms with Gasteiger partial charge in [0.1, 0.15) is 0 Å². The molecule has 2 heteroatoms. The van der Waals surface area contributed by atoms with E-state index in [-0.39, 0.29) is 11.2 Å². The second kappa shape index (κ2) is 4.38. The summed E-state index contributed by atoms with van der Waals surface area (Å²) < 4.78 is 0. The first-order chi connectivity index (χ1) is 7.68. The van der Waals surface area contributed by atoms with Crippen molar-refractivity contribution in [3.05, 3.63) is 35.4 Å². The van der Waals surface area contributed by atoms with Crippen LogP contribution >= 0.6 is 0 Å². The SMILES string of the molecule is CC(=O)c1cccc(C2(CN)CCCC2)c1. The van der Waals surface area contributed by atoms with Crippen LogP contribution in [0.2, 0.25) is 0 Å². The first-order valence-corrected chi connectivity index (χ1v) is 5.99. The smallest absolute Gasteiger partial charge is 0.159 e. The number of Topliss-reactive ketones (excluding diaryl/α,β-unsaturated/α-hetero) is 1. The van der Waals surface area contributed by atoms with Gasteiger partial charge in [-0.3, -0.25) is 4.79 Å². The lowest BCUT2D eigenvalue weighted by atomic mass is 9.78. The highest BCUT2D eigenvalue weighted by atomic mass is 16.1. The van der Waals surface area contributed by atoms with Gasteiger partial charge in [0.15, 0.2) is 5.78 Å². The van der Waals surface area contributed by atoms with Gasteiger partial charge in [-0.15, -0.1) is 0 Å². The molecule has 0 spiro atoms. The quantitative estimate of drug-likeness (QED) is 0.791. The fourth-order valence-electron chi connectivity index (χ4n) is 2.73. The van der Waals surface area contributed by atoms with E-state index < -0.39 is 0 Å². The normalized spacial score (nSPS) is 18.6. The summed E-state index contributed by atoms with van der Waals surface area (Å²) in [5.74, 6) is 0.131. The molecule has 1 aliphatic rings. The maximum atomic E-state index is 11.4. The molecule has 1 fully saturated rings. The van der Waals surface area contributed by atoms with Crippen LogP contribution in [0.5, 0.6) is 0 Å². The number of benzene rings is 1. The molecule has 16 heavy (non-hydrogen) atoms. The standard InChI is InChI=1S/C14H19NO/c1-11(16)12-5-4-6-13(9-12)14(10-15)7-2-3-8-14/h4-6,9H,2-3,7-8,10,15H2,1H3. The number of carbonyl (C=O) groups is 1. The van der Waals surface area contributed by atoms with Crippen LogP contribution in [-0.4, -0.2) is 12.3 Å². The molecule has 0 aromatic heterocycles. The van der Waals surface area contributed by atoms with E-state index in [1.807, 2.05) is 18.2 Å². The third kappa shape index (κ3) is 1.90. The summed E-state index contributed by atoms with van der Waals surface area (Å²) in [7, 11) is 0. The van der Waals surface area contributed by atoms with Crippen molar-refractivity contribution in [3.8, 4) is 0 Å². The third-order valence-electron chi connectivity index (χ3n) is 3.83. The van der Waals surface area contributed by atoms with Crippen LogP contribution in [-0.2, 0) is 5.41 Å². The molecule has 0 aliphatic heterocycles. The van der Waals surface area contributed by atoms with Crippen LogP contribution < -0.4 is 5.73 Å². The molecule has 0 bridgehead atoms. The number of hydrogen-bond donors (Lipinski definition) is 1. The van der Waals surface area contributed by atoms with Gasteiger partial charge in [0.2, 0.25) is 0 Å². The number of rotatable bonds is 3. The molecular weight excluding hydrogens is 198 g/mol. The van der Waals surface area contributed by atoms with Crippen molar-refractivity contribution >= 4 is 5.78 Å². The van der Waals surface area contributed by atoms with Gasteiger partial charge in [0.25, 0.3) is 0 Å². The van der Waals surface area contributed by atoms with Crippen molar-refractivity contribution < 1.29 is 4.79 Å². The van der Waals surface area contributed by atoms with E-state index in [0.29, 0.717) is 6.54 Å². The zero-order chi connectivity index (χ0) is 11.6. The topological polar surface area (TPSA) is 43.1 Å². The Hall–Kier alpha value is -1.15. The first kappa shape index (κ1) is 11.3. The first-order valence-electron chi connectivity index (χ1n) is 5.99. The lowest BCUT2D eigenvalue weighted by molar-refractivity contribution is 0.101. The number of nitrogens with two attached hydrogens (primary N) is 1. The monoisotopic (exact) mass is 217 g/mol. The number of carbonyl (C=O) groups excluding carboxylic acids is 1. The van der Waals surface area contributed by atoms with E-state index in [4.69, 9.17) is 5.73 Å². The molecule has 1 aliphatic carbocycles. The molecule has 0 heterocycles. The van der Waals surface area contributed by atoms with E-state index >= 15 is 0 Å². The van der Waals surface area contributed by atoms with Crippen LogP contribution in [0, 0.1) is 0 Å². The van der Waals surface area contributed by atoms with Gasteiger partial charge in [-0.1, -0.05) is 31.0 Å². The second-order valence-electron chi connectivity index (χ2n) is 4.83. The molecule has 0 saturated heterocycles. The van der Waals surface area contributed by atoms with E-state index in [9.17, 15) is 4.79 Å². The van der Waals surface area contributed by atoms with Gasteiger partial charge in [-0.25, -0.2) is 0 Å². The van der Waals surface area contributed by atoms with Crippen LogP contribution in [0.1, 0.15) is 48.5 Å². The minimum absolute atomic E-state index is 0.130. The predicted molar refractivity (Wildman–Crippen MR) is 65.6 cm³/mol. The molecule has 2 nitrogen and oxygen atoms in total. The summed E-state index contributed by atoms with van der Waals surface area (Å²) in [4.78, 5) is 11.4. The number of ketones is 1. The van der Waals surface area contributed by atoms with Gasteiger partial charge in [0, 0.05) is 17.5 Å². The number of hydrogen-bond acceptors (Lipinski definition) is 2. The Kier molecular flexibility index (Phi) is 3.10. The van der Waals surface area contributed by atoms with Crippen molar-refractivity contribution in [1.29, 1.82) is 0 Å². The highest BCUT2D eigenvalue weighted by molar-refractivity contribution is 5.94. The lowest BCUT2D eigenvalue weighted by Crippen LogP contribution is -2.32. The molecule has 2 N–H and O–H groups in total. The van der Waals surface area contributed by atoms with E-state index in [1.165, 1.54) is 18.4 Å². The molecule has 86 valence electrons. The Morgan fingerprint density at radius 2 is 2.06 bits per heavy atom. The summed E-state index contributed by atoms with van der Waals surface area (Å²) in [6.45, 7) is 2.30. The Bertz CT molecular complexity index is 391. The molecule has 1 saturated carbocycles. The van der Waals surface area contributed by atoms with Crippen molar-refractivity contribution in [2.24, 2.45) is 5.73 Å². The fourth-order valence-corrected chi connectivity index (χ4v) is 2.73. The Morgan fingerprint density at radius 3 is 2.62 bits per heavy atom. The summed E-state index contributed by atoms with van der Waals surface area (Å²) in [5, 5.41) is 0. The van der Waals surface area contributed by atoms with Gasteiger partial charge in [-0.05, 0) is 31.4 Å². The molecule has 1 aromatic rings. The Labute approximate surface area is 96.8 Å². The average Bonchev–Trinajstić information content (AvgIpc) is 2.79. The molecular formula is C14H19NO. The van der Waals surface area contributed by atoms with Crippen molar-refractivity contribution in [1.82, 2.24) is 0 Å². The van der Waals surface area contributed by atoms with Gasteiger partial charge in [0.05, 0.1) is 0 Å². The molecule has 2 rings (SSSR count). The zero-order valence-corrected chi connectivity index (χ0v) is 9.83. The lowest BCUT2D eigenvalue weighted by Gasteiger charge is -2.28. The van der Waals surface area contributed by atoms with Crippen molar-refractivity contribution in [3.63, 3.8) is 0 Å². The fraction of sp³-hybridized carbons (Fsp3) is 0.500. The summed E-state index contributed by atoms with van der Waals surface area (Å²) in [6, 6.07) is 8.00. The van der Waals surface area contributed by atoms with Gasteiger partial charge in [-0.2, -0.15) is 0 Å². The molecule has 1 aromatic carbocycles. The second-order valence-corrected chi connectivity index (χ2v) is 4.83. The summed E-state index contributed by atoms with van der Waals surface area (Å²) >= 11 is 0. The van der Waals surface area contributed by atoms with Gasteiger partial charge < -0.3 is 5.73 Å². The maximum absolute atomic E-state index is 11.4. The highest BCUT2D eigenvalue weighted by Gasteiger charge is 2.34. The summed E-state index contributed by atoms with van der Waals surface area (Å²) in [5.41, 5.74) is 8.13. The van der Waals surface area contributed by atoms with E-state index in [2.05, 4.69) is 6.07 Å². The van der Waals surface area contributed by atoms with Crippen LogP contribution in [0.15, 0.2) is 24.3 Å². The predicted octanol–water partition coefficient (Wildman–Crippen LogP) is 2.66.